The number of nitrogens with one attached hydrogen (secondary N) is 1. The normalized spacial score (nSPS) is 21.3. The first-order chi connectivity index (χ1) is 12.7. The quantitative estimate of drug-likeness (QED) is 0.892. The van der Waals surface area contributed by atoms with Crippen LogP contribution in [0.3, 0.4) is 0 Å². The van der Waals surface area contributed by atoms with E-state index in [1.54, 1.807) is 6.20 Å². The molecule has 0 bridgehead atoms. The van der Waals surface area contributed by atoms with Crippen molar-refractivity contribution in [1.82, 2.24) is 19.8 Å². The Bertz CT molecular complexity index is 747. The zero-order chi connectivity index (χ0) is 17.9. The molecular weight excluding hydrogens is 330 g/mol. The molecule has 1 aliphatic heterocycles. The first-order valence-corrected chi connectivity index (χ1v) is 9.73. The lowest BCUT2D eigenvalue weighted by Gasteiger charge is -2.25. The number of rotatable bonds is 4. The van der Waals surface area contributed by atoms with Crippen LogP contribution in [0.15, 0.2) is 22.9 Å². The summed E-state index contributed by atoms with van der Waals surface area (Å²) in [6.45, 7) is 3.49. The Labute approximate surface area is 153 Å². The monoisotopic (exact) mass is 357 g/mol. The molecule has 1 saturated carbocycles. The summed E-state index contributed by atoms with van der Waals surface area (Å²) in [5.74, 6) is 2.22. The van der Waals surface area contributed by atoms with Crippen molar-refractivity contribution in [2.24, 2.45) is 5.92 Å². The summed E-state index contributed by atoms with van der Waals surface area (Å²) in [6.07, 6.45) is 10.1. The molecule has 1 atom stereocenters. The maximum absolute atomic E-state index is 12.9. The summed E-state index contributed by atoms with van der Waals surface area (Å²) >= 11 is 0. The molecule has 0 unspecified atom stereocenters. The van der Waals surface area contributed by atoms with Gasteiger partial charge in [-0.15, -0.1) is 0 Å². The number of carbonyl (C=O) groups excluding carboxylic acids is 1. The van der Waals surface area contributed by atoms with Gasteiger partial charge in [0, 0.05) is 25.2 Å². The molecular formula is C19H27N5O2. The fourth-order valence-corrected chi connectivity index (χ4v) is 4.24. The van der Waals surface area contributed by atoms with Gasteiger partial charge in [0.2, 0.25) is 0 Å². The van der Waals surface area contributed by atoms with E-state index in [1.165, 1.54) is 32.1 Å². The van der Waals surface area contributed by atoms with Crippen molar-refractivity contribution in [3.63, 3.8) is 0 Å². The topological polar surface area (TPSA) is 76.2 Å². The van der Waals surface area contributed by atoms with Gasteiger partial charge in [-0.3, -0.25) is 5.32 Å². The van der Waals surface area contributed by atoms with Gasteiger partial charge in [0.05, 0.1) is 12.2 Å². The molecule has 2 fully saturated rings. The number of carbonyl (C=O) groups is 1. The van der Waals surface area contributed by atoms with E-state index >= 15 is 0 Å². The Morgan fingerprint density at radius 3 is 2.88 bits per heavy atom. The average Bonchev–Trinajstić information content (AvgIpc) is 3.37. The van der Waals surface area contributed by atoms with E-state index in [1.807, 2.05) is 28.6 Å². The van der Waals surface area contributed by atoms with E-state index < -0.39 is 0 Å². The van der Waals surface area contributed by atoms with Crippen LogP contribution in [0.4, 0.5) is 10.6 Å². The number of amides is 2. The molecule has 7 nitrogen and oxygen atoms in total. The second-order valence-electron chi connectivity index (χ2n) is 7.55. The Morgan fingerprint density at radius 1 is 1.27 bits per heavy atom. The van der Waals surface area contributed by atoms with Gasteiger partial charge in [0.25, 0.3) is 0 Å². The zero-order valence-electron chi connectivity index (χ0n) is 15.4. The van der Waals surface area contributed by atoms with Crippen LogP contribution in [0.2, 0.25) is 0 Å². The van der Waals surface area contributed by atoms with E-state index in [2.05, 4.69) is 15.6 Å². The van der Waals surface area contributed by atoms with Crippen molar-refractivity contribution in [2.75, 3.05) is 11.9 Å². The molecule has 0 aromatic carbocycles. The van der Waals surface area contributed by atoms with Crippen LogP contribution in [0.1, 0.15) is 62.4 Å². The summed E-state index contributed by atoms with van der Waals surface area (Å²) in [4.78, 5) is 14.7. The highest BCUT2D eigenvalue weighted by Crippen LogP contribution is 2.32. The molecule has 1 N–H and O–H groups in total. The van der Waals surface area contributed by atoms with Gasteiger partial charge in [-0.1, -0.05) is 24.4 Å². The molecule has 140 valence electrons. The third kappa shape index (κ3) is 3.61. The highest BCUT2D eigenvalue weighted by atomic mass is 16.5. The van der Waals surface area contributed by atoms with Gasteiger partial charge in [-0.2, -0.15) is 5.10 Å². The Morgan fingerprint density at radius 2 is 2.12 bits per heavy atom. The van der Waals surface area contributed by atoms with E-state index in [0.29, 0.717) is 5.92 Å². The number of aryl methyl sites for hydroxylation is 1. The molecule has 2 aromatic heterocycles. The Balaban J connectivity index is 1.42. The lowest BCUT2D eigenvalue weighted by molar-refractivity contribution is 0.204. The Kier molecular flexibility index (Phi) is 4.95. The molecule has 2 amide bonds. The summed E-state index contributed by atoms with van der Waals surface area (Å²) < 4.78 is 7.14. The highest BCUT2D eigenvalue weighted by molar-refractivity contribution is 5.88. The number of hydrogen-bond acceptors (Lipinski definition) is 4. The minimum atomic E-state index is -0.0847. The van der Waals surface area contributed by atoms with Crippen molar-refractivity contribution in [1.29, 1.82) is 0 Å². The Hall–Kier alpha value is -2.31. The first-order valence-electron chi connectivity index (χ1n) is 9.73. The van der Waals surface area contributed by atoms with Crippen molar-refractivity contribution in [3.05, 3.63) is 29.8 Å². The van der Waals surface area contributed by atoms with Crippen LogP contribution in [-0.4, -0.2) is 32.4 Å². The standard InChI is InChI=1S/C19H27N5O2/c1-14-12-16(22-26-14)17-8-5-11-23(17)19(25)21-18-9-10-20-24(18)13-15-6-3-2-4-7-15/h9-10,12,15,17H,2-8,11,13H2,1H3,(H,21,25)/t17-/m0/s1. The smallest absolute Gasteiger partial charge is 0.323 e. The molecule has 0 radical (unpaired) electrons. The van der Waals surface area contributed by atoms with Crippen LogP contribution >= 0.6 is 0 Å². The lowest BCUT2D eigenvalue weighted by atomic mass is 9.89. The minimum Gasteiger partial charge on any atom is -0.361 e. The molecule has 26 heavy (non-hydrogen) atoms. The molecule has 0 spiro atoms. The molecule has 1 saturated heterocycles. The fourth-order valence-electron chi connectivity index (χ4n) is 4.24. The fraction of sp³-hybridized carbons (Fsp3) is 0.632. The number of likely N-dealkylation sites (tertiary alicyclic amines) is 1. The number of anilines is 1. The first kappa shape index (κ1) is 17.1. The molecule has 2 aromatic rings. The number of hydrogen-bond donors (Lipinski definition) is 1. The second-order valence-corrected chi connectivity index (χ2v) is 7.55. The van der Waals surface area contributed by atoms with E-state index in [0.717, 1.165) is 43.2 Å². The third-order valence-electron chi connectivity index (χ3n) is 5.61. The lowest BCUT2D eigenvalue weighted by Crippen LogP contribution is -2.35. The summed E-state index contributed by atoms with van der Waals surface area (Å²) in [7, 11) is 0. The van der Waals surface area contributed by atoms with Gasteiger partial charge >= 0.3 is 6.03 Å². The predicted octanol–water partition coefficient (Wildman–Crippen LogP) is 4.13. The predicted molar refractivity (Wildman–Crippen MR) is 97.7 cm³/mol. The van der Waals surface area contributed by atoms with Crippen LogP contribution in [0, 0.1) is 12.8 Å². The molecule has 7 heteroatoms. The van der Waals surface area contributed by atoms with Crippen LogP contribution in [0.25, 0.3) is 0 Å². The summed E-state index contributed by atoms with van der Waals surface area (Å²) in [5.41, 5.74) is 0.839. The molecule has 4 rings (SSSR count). The summed E-state index contributed by atoms with van der Waals surface area (Å²) in [5, 5.41) is 11.6. The van der Waals surface area contributed by atoms with Gasteiger partial charge in [-0.25, -0.2) is 9.48 Å². The van der Waals surface area contributed by atoms with Crippen molar-refractivity contribution < 1.29 is 9.32 Å². The maximum Gasteiger partial charge on any atom is 0.323 e. The molecule has 1 aliphatic carbocycles. The maximum atomic E-state index is 12.9. The van der Waals surface area contributed by atoms with Crippen LogP contribution in [0.5, 0.6) is 0 Å². The van der Waals surface area contributed by atoms with Gasteiger partial charge in [0.1, 0.15) is 17.3 Å². The zero-order valence-corrected chi connectivity index (χ0v) is 15.4. The van der Waals surface area contributed by atoms with E-state index in [-0.39, 0.29) is 12.1 Å². The summed E-state index contributed by atoms with van der Waals surface area (Å²) in [6, 6.07) is 3.70. The van der Waals surface area contributed by atoms with Crippen molar-refractivity contribution in [2.45, 2.75) is 64.5 Å². The molecule has 2 aliphatic rings. The average molecular weight is 357 g/mol. The minimum absolute atomic E-state index is 0.0119. The van der Waals surface area contributed by atoms with Crippen molar-refractivity contribution in [3.8, 4) is 0 Å². The van der Waals surface area contributed by atoms with Crippen molar-refractivity contribution >= 4 is 11.8 Å². The van der Waals surface area contributed by atoms with Crippen LogP contribution < -0.4 is 5.32 Å². The third-order valence-corrected chi connectivity index (χ3v) is 5.61. The largest absolute Gasteiger partial charge is 0.361 e. The number of nitrogens with zero attached hydrogens (tertiary/aromatic N) is 4. The van der Waals surface area contributed by atoms with E-state index in [4.69, 9.17) is 4.52 Å². The van der Waals surface area contributed by atoms with Gasteiger partial charge < -0.3 is 9.42 Å². The highest BCUT2D eigenvalue weighted by Gasteiger charge is 2.32. The number of urea groups is 1. The van der Waals surface area contributed by atoms with Gasteiger partial charge in [-0.05, 0) is 38.5 Å². The van der Waals surface area contributed by atoms with E-state index in [9.17, 15) is 4.79 Å². The van der Waals surface area contributed by atoms with Crippen LogP contribution in [-0.2, 0) is 6.54 Å². The SMILES string of the molecule is Cc1cc([C@@H]2CCCN2C(=O)Nc2ccnn2CC2CCCCC2)no1. The molecule has 3 heterocycles. The number of aromatic nitrogens is 3. The second kappa shape index (κ2) is 7.51. The van der Waals surface area contributed by atoms with Gasteiger partial charge in [0.15, 0.2) is 0 Å².